The van der Waals surface area contributed by atoms with Gasteiger partial charge in [-0.3, -0.25) is 0 Å². The second-order valence-corrected chi connectivity index (χ2v) is 7.53. The molecule has 2 heteroatoms. The van der Waals surface area contributed by atoms with Gasteiger partial charge in [0.15, 0.2) is 11.6 Å². The molecule has 1 aromatic carbocycles. The van der Waals surface area contributed by atoms with Crippen LogP contribution in [-0.4, -0.2) is 0 Å². The van der Waals surface area contributed by atoms with Crippen molar-refractivity contribution in [1.29, 1.82) is 0 Å². The molecule has 3 rings (SSSR count). The van der Waals surface area contributed by atoms with Crippen molar-refractivity contribution in [2.75, 3.05) is 0 Å². The Morgan fingerprint density at radius 2 is 1.78 bits per heavy atom. The number of rotatable bonds is 4. The highest BCUT2D eigenvalue weighted by Crippen LogP contribution is 2.48. The van der Waals surface area contributed by atoms with Gasteiger partial charge >= 0.3 is 0 Å². The van der Waals surface area contributed by atoms with E-state index < -0.39 is 11.6 Å². The van der Waals surface area contributed by atoms with E-state index in [1.54, 1.807) is 6.07 Å². The molecule has 0 nitrogen and oxygen atoms in total. The van der Waals surface area contributed by atoms with Gasteiger partial charge in [0.1, 0.15) is 0 Å². The SMILES string of the molecule is C/C=C/CCC1CCC2CC(c3ccc(F)c(F)c3)CCC2C1. The number of fused-ring (bicyclic) bond motifs is 1. The molecule has 126 valence electrons. The summed E-state index contributed by atoms with van der Waals surface area (Å²) in [7, 11) is 0. The van der Waals surface area contributed by atoms with Crippen molar-refractivity contribution in [1.82, 2.24) is 0 Å². The zero-order valence-electron chi connectivity index (χ0n) is 14.1. The molecule has 2 saturated carbocycles. The summed E-state index contributed by atoms with van der Waals surface area (Å²) in [5.41, 5.74) is 0.998. The van der Waals surface area contributed by atoms with E-state index in [1.165, 1.54) is 50.7 Å². The Hall–Kier alpha value is -1.18. The third-order valence-corrected chi connectivity index (χ3v) is 6.11. The van der Waals surface area contributed by atoms with Gasteiger partial charge in [0, 0.05) is 0 Å². The Morgan fingerprint density at radius 3 is 2.57 bits per heavy atom. The molecule has 0 amide bonds. The van der Waals surface area contributed by atoms with Gasteiger partial charge in [0.05, 0.1) is 0 Å². The summed E-state index contributed by atoms with van der Waals surface area (Å²) in [6.07, 6.45) is 14.6. The molecular weight excluding hydrogens is 290 g/mol. The van der Waals surface area contributed by atoms with Gasteiger partial charge in [-0.15, -0.1) is 0 Å². The van der Waals surface area contributed by atoms with Crippen molar-refractivity contribution in [3.8, 4) is 0 Å². The minimum atomic E-state index is -0.732. The molecular formula is C21H28F2. The fourth-order valence-corrected chi connectivity index (χ4v) is 4.82. The van der Waals surface area contributed by atoms with Gasteiger partial charge < -0.3 is 0 Å². The number of hydrogen-bond acceptors (Lipinski definition) is 0. The van der Waals surface area contributed by atoms with E-state index in [2.05, 4.69) is 19.1 Å². The summed E-state index contributed by atoms with van der Waals surface area (Å²) in [5.74, 6) is 1.54. The van der Waals surface area contributed by atoms with Gasteiger partial charge in [0.25, 0.3) is 0 Å². The topological polar surface area (TPSA) is 0 Å². The predicted molar refractivity (Wildman–Crippen MR) is 91.3 cm³/mol. The fraction of sp³-hybridized carbons (Fsp3) is 0.619. The molecule has 0 aliphatic heterocycles. The first-order valence-corrected chi connectivity index (χ1v) is 9.23. The normalized spacial score (nSPS) is 31.3. The molecule has 4 unspecified atom stereocenters. The molecule has 0 saturated heterocycles. The van der Waals surface area contributed by atoms with Crippen LogP contribution < -0.4 is 0 Å². The van der Waals surface area contributed by atoms with Gasteiger partial charge in [-0.1, -0.05) is 24.6 Å². The molecule has 23 heavy (non-hydrogen) atoms. The lowest BCUT2D eigenvalue weighted by atomic mass is 9.63. The highest BCUT2D eigenvalue weighted by molar-refractivity contribution is 5.22. The Bertz CT molecular complexity index is 549. The number of hydrogen-bond donors (Lipinski definition) is 0. The van der Waals surface area contributed by atoms with E-state index in [1.807, 2.05) is 0 Å². The number of allylic oxidation sites excluding steroid dienone is 2. The second-order valence-electron chi connectivity index (χ2n) is 7.53. The van der Waals surface area contributed by atoms with Gasteiger partial charge in [-0.05, 0) is 93.2 Å². The fourth-order valence-electron chi connectivity index (χ4n) is 4.82. The van der Waals surface area contributed by atoms with Crippen LogP contribution in [0, 0.1) is 29.4 Å². The van der Waals surface area contributed by atoms with Crippen molar-refractivity contribution in [2.45, 2.75) is 64.2 Å². The summed E-state index contributed by atoms with van der Waals surface area (Å²) >= 11 is 0. The summed E-state index contributed by atoms with van der Waals surface area (Å²) in [6.45, 7) is 2.09. The smallest absolute Gasteiger partial charge is 0.159 e. The Morgan fingerprint density at radius 1 is 1.00 bits per heavy atom. The average molecular weight is 318 g/mol. The first-order valence-electron chi connectivity index (χ1n) is 9.23. The van der Waals surface area contributed by atoms with Crippen LogP contribution in [0.2, 0.25) is 0 Å². The quantitative estimate of drug-likeness (QED) is 0.547. The van der Waals surface area contributed by atoms with E-state index in [0.29, 0.717) is 5.92 Å². The van der Waals surface area contributed by atoms with E-state index in [4.69, 9.17) is 0 Å². The third kappa shape index (κ3) is 4.02. The Balaban J connectivity index is 1.57. The molecule has 2 aliphatic rings. The van der Waals surface area contributed by atoms with Gasteiger partial charge in [-0.2, -0.15) is 0 Å². The first kappa shape index (κ1) is 16.7. The lowest BCUT2D eigenvalue weighted by Gasteiger charge is -2.42. The molecule has 0 bridgehead atoms. The highest BCUT2D eigenvalue weighted by atomic mass is 19.2. The summed E-state index contributed by atoms with van der Waals surface area (Å²) in [6, 6.07) is 4.49. The predicted octanol–water partition coefficient (Wildman–Crippen LogP) is 6.62. The minimum absolute atomic E-state index is 0.422. The second kappa shape index (κ2) is 7.59. The van der Waals surface area contributed by atoms with Crippen LogP contribution in [0.1, 0.15) is 69.8 Å². The van der Waals surface area contributed by atoms with E-state index in [0.717, 1.165) is 36.2 Å². The summed E-state index contributed by atoms with van der Waals surface area (Å²) < 4.78 is 26.6. The van der Waals surface area contributed by atoms with Crippen LogP contribution >= 0.6 is 0 Å². The molecule has 0 spiro atoms. The molecule has 0 radical (unpaired) electrons. The zero-order chi connectivity index (χ0) is 16.2. The molecule has 0 N–H and O–H groups in total. The van der Waals surface area contributed by atoms with Crippen LogP contribution in [0.25, 0.3) is 0 Å². The van der Waals surface area contributed by atoms with Crippen molar-refractivity contribution >= 4 is 0 Å². The largest absolute Gasteiger partial charge is 0.204 e. The maximum absolute atomic E-state index is 13.5. The monoisotopic (exact) mass is 318 g/mol. The molecule has 0 aromatic heterocycles. The highest BCUT2D eigenvalue weighted by Gasteiger charge is 2.35. The van der Waals surface area contributed by atoms with Crippen LogP contribution in [0.5, 0.6) is 0 Å². The van der Waals surface area contributed by atoms with Crippen molar-refractivity contribution in [2.24, 2.45) is 17.8 Å². The van der Waals surface area contributed by atoms with E-state index >= 15 is 0 Å². The van der Waals surface area contributed by atoms with Crippen molar-refractivity contribution < 1.29 is 8.78 Å². The van der Waals surface area contributed by atoms with E-state index in [9.17, 15) is 8.78 Å². The van der Waals surface area contributed by atoms with E-state index in [-0.39, 0.29) is 0 Å². The molecule has 2 aliphatic carbocycles. The Labute approximate surface area is 139 Å². The first-order chi connectivity index (χ1) is 11.2. The minimum Gasteiger partial charge on any atom is -0.204 e. The molecule has 2 fully saturated rings. The van der Waals surface area contributed by atoms with Crippen LogP contribution in [0.15, 0.2) is 30.4 Å². The summed E-state index contributed by atoms with van der Waals surface area (Å²) in [4.78, 5) is 0. The molecule has 4 atom stereocenters. The standard InChI is InChI=1S/C21H28F2/c1-2-3-4-5-15-6-7-17-13-18(9-8-16(17)12-15)19-10-11-20(22)21(23)14-19/h2-3,10-11,14-18H,4-9,12-13H2,1H3/b3-2+. The summed E-state index contributed by atoms with van der Waals surface area (Å²) in [5, 5.41) is 0. The van der Waals surface area contributed by atoms with Crippen LogP contribution in [0.4, 0.5) is 8.78 Å². The van der Waals surface area contributed by atoms with Crippen LogP contribution in [0.3, 0.4) is 0 Å². The van der Waals surface area contributed by atoms with Crippen molar-refractivity contribution in [3.05, 3.63) is 47.5 Å². The Kier molecular flexibility index (Phi) is 5.50. The maximum Gasteiger partial charge on any atom is 0.159 e. The zero-order valence-corrected chi connectivity index (χ0v) is 14.1. The van der Waals surface area contributed by atoms with Gasteiger partial charge in [0.2, 0.25) is 0 Å². The third-order valence-electron chi connectivity index (χ3n) is 6.11. The molecule has 1 aromatic rings. The number of benzene rings is 1. The van der Waals surface area contributed by atoms with Crippen LogP contribution in [-0.2, 0) is 0 Å². The molecule has 0 heterocycles. The number of halogens is 2. The average Bonchev–Trinajstić information content (AvgIpc) is 2.57. The van der Waals surface area contributed by atoms with Crippen molar-refractivity contribution in [3.63, 3.8) is 0 Å². The lowest BCUT2D eigenvalue weighted by Crippen LogP contribution is -2.30. The van der Waals surface area contributed by atoms with Gasteiger partial charge in [-0.25, -0.2) is 8.78 Å². The lowest BCUT2D eigenvalue weighted by molar-refractivity contribution is 0.115. The maximum atomic E-state index is 13.5.